The number of methoxy groups -OCH3 is 1. The van der Waals surface area contributed by atoms with Crippen LogP contribution in [0.1, 0.15) is 17.3 Å². The second kappa shape index (κ2) is 7.65. The molecule has 0 saturated heterocycles. The zero-order chi connectivity index (χ0) is 15.2. The third kappa shape index (κ3) is 3.88. The molecule has 0 spiro atoms. The van der Waals surface area contributed by atoms with Gasteiger partial charge < -0.3 is 4.74 Å². The molecular weight excluding hydrogens is 339 g/mol. The van der Waals surface area contributed by atoms with E-state index < -0.39 is 0 Å². The maximum atomic E-state index is 13.8. The van der Waals surface area contributed by atoms with Crippen LogP contribution in [0, 0.1) is 5.82 Å². The fourth-order valence-corrected chi connectivity index (χ4v) is 2.77. The number of nitrogens with two attached hydrogens (primary N) is 1. The summed E-state index contributed by atoms with van der Waals surface area (Å²) in [6.45, 7) is 1.14. The van der Waals surface area contributed by atoms with Crippen molar-refractivity contribution in [1.29, 1.82) is 0 Å². The summed E-state index contributed by atoms with van der Waals surface area (Å²) in [5.74, 6) is 5.42. The topological polar surface area (TPSA) is 65.1 Å². The highest BCUT2D eigenvalue weighted by atomic mass is 79.9. The van der Waals surface area contributed by atoms with Gasteiger partial charge in [-0.15, -0.1) is 0 Å². The van der Waals surface area contributed by atoms with Crippen LogP contribution in [0.3, 0.4) is 0 Å². The molecule has 7 heteroatoms. The van der Waals surface area contributed by atoms with Gasteiger partial charge in [-0.1, -0.05) is 18.2 Å². The zero-order valence-electron chi connectivity index (χ0n) is 11.7. The predicted octanol–water partition coefficient (Wildman–Crippen LogP) is 2.18. The van der Waals surface area contributed by atoms with Crippen LogP contribution in [0.5, 0.6) is 0 Å². The molecule has 0 amide bonds. The van der Waals surface area contributed by atoms with E-state index in [1.54, 1.807) is 30.1 Å². The Morgan fingerprint density at radius 2 is 2.24 bits per heavy atom. The van der Waals surface area contributed by atoms with E-state index >= 15 is 0 Å². The molecule has 2 rings (SSSR count). The summed E-state index contributed by atoms with van der Waals surface area (Å²) in [4.78, 5) is 0. The molecule has 1 atom stereocenters. The molecule has 0 fully saturated rings. The van der Waals surface area contributed by atoms with E-state index in [9.17, 15) is 4.39 Å². The Morgan fingerprint density at radius 1 is 1.48 bits per heavy atom. The molecule has 114 valence electrons. The van der Waals surface area contributed by atoms with E-state index in [-0.39, 0.29) is 11.9 Å². The molecule has 1 unspecified atom stereocenters. The lowest BCUT2D eigenvalue weighted by atomic mass is 10.0. The van der Waals surface area contributed by atoms with Crippen molar-refractivity contribution in [2.45, 2.75) is 19.0 Å². The largest absolute Gasteiger partial charge is 0.383 e. The third-order valence-electron chi connectivity index (χ3n) is 3.25. The minimum atomic E-state index is -0.254. The van der Waals surface area contributed by atoms with E-state index in [1.165, 1.54) is 6.07 Å². The summed E-state index contributed by atoms with van der Waals surface area (Å²) in [7, 11) is 1.64. The summed E-state index contributed by atoms with van der Waals surface area (Å²) in [6, 6.07) is 6.42. The van der Waals surface area contributed by atoms with Crippen molar-refractivity contribution >= 4 is 15.9 Å². The van der Waals surface area contributed by atoms with Gasteiger partial charge >= 0.3 is 0 Å². The Hall–Kier alpha value is -1.28. The molecule has 1 heterocycles. The molecule has 0 bridgehead atoms. The maximum absolute atomic E-state index is 13.8. The summed E-state index contributed by atoms with van der Waals surface area (Å²) in [6.07, 6.45) is 2.14. The van der Waals surface area contributed by atoms with Gasteiger partial charge in [0.15, 0.2) is 0 Å². The highest BCUT2D eigenvalue weighted by Gasteiger charge is 2.20. The number of halogens is 2. The van der Waals surface area contributed by atoms with Gasteiger partial charge in [0.1, 0.15) is 5.82 Å². The van der Waals surface area contributed by atoms with Gasteiger partial charge in [-0.05, 0) is 34.0 Å². The van der Waals surface area contributed by atoms with Gasteiger partial charge in [-0.25, -0.2) is 4.39 Å². The average Bonchev–Trinajstić information content (AvgIpc) is 2.85. The van der Waals surface area contributed by atoms with Crippen LogP contribution in [0.2, 0.25) is 0 Å². The third-order valence-corrected chi connectivity index (χ3v) is 3.86. The number of aromatic nitrogens is 2. The van der Waals surface area contributed by atoms with Crippen molar-refractivity contribution in [3.63, 3.8) is 0 Å². The number of rotatable bonds is 7. The summed E-state index contributed by atoms with van der Waals surface area (Å²) >= 11 is 3.47. The average molecular weight is 357 g/mol. The predicted molar refractivity (Wildman–Crippen MR) is 82.0 cm³/mol. The first-order valence-corrected chi connectivity index (χ1v) is 7.36. The molecule has 0 aliphatic carbocycles. The zero-order valence-corrected chi connectivity index (χ0v) is 13.3. The van der Waals surface area contributed by atoms with Crippen molar-refractivity contribution < 1.29 is 9.13 Å². The number of nitrogens with one attached hydrogen (secondary N) is 1. The minimum Gasteiger partial charge on any atom is -0.383 e. The maximum Gasteiger partial charge on any atom is 0.126 e. The second-order valence-electron chi connectivity index (χ2n) is 4.61. The fraction of sp³-hybridized carbons (Fsp3) is 0.357. The van der Waals surface area contributed by atoms with Crippen molar-refractivity contribution in [3.05, 3.63) is 52.0 Å². The van der Waals surface area contributed by atoms with E-state index in [1.807, 2.05) is 6.07 Å². The standard InChI is InChI=1S/C14H18BrFN4O/c1-21-7-6-20-14(11(15)9-18-20)13(19-17)8-10-4-2-3-5-12(10)16/h2-5,9,13,19H,6-8,17H2,1H3. The number of hydrazine groups is 1. The van der Waals surface area contributed by atoms with Crippen LogP contribution >= 0.6 is 15.9 Å². The Labute approximate surface area is 131 Å². The highest BCUT2D eigenvalue weighted by molar-refractivity contribution is 9.10. The molecule has 0 aliphatic heterocycles. The highest BCUT2D eigenvalue weighted by Crippen LogP contribution is 2.26. The molecular formula is C14H18BrFN4O. The fourth-order valence-electron chi connectivity index (χ4n) is 2.19. The van der Waals surface area contributed by atoms with Crippen LogP contribution < -0.4 is 11.3 Å². The van der Waals surface area contributed by atoms with Crippen molar-refractivity contribution in [3.8, 4) is 0 Å². The molecule has 2 aromatic rings. The molecule has 3 N–H and O–H groups in total. The first kappa shape index (κ1) is 16.1. The SMILES string of the molecule is COCCn1ncc(Br)c1C(Cc1ccccc1F)NN. The molecule has 1 aromatic heterocycles. The van der Waals surface area contributed by atoms with Crippen LogP contribution in [-0.2, 0) is 17.7 Å². The van der Waals surface area contributed by atoms with Gasteiger partial charge in [0.25, 0.3) is 0 Å². The van der Waals surface area contributed by atoms with Gasteiger partial charge in [0.2, 0.25) is 0 Å². The summed E-state index contributed by atoms with van der Waals surface area (Å²) in [5.41, 5.74) is 4.22. The summed E-state index contributed by atoms with van der Waals surface area (Å²) < 4.78 is 21.5. The molecule has 0 aliphatic rings. The summed E-state index contributed by atoms with van der Waals surface area (Å²) in [5, 5.41) is 4.29. The van der Waals surface area contributed by atoms with Crippen molar-refractivity contribution in [1.82, 2.24) is 15.2 Å². The normalized spacial score (nSPS) is 12.6. The van der Waals surface area contributed by atoms with Crippen LogP contribution in [0.25, 0.3) is 0 Å². The lowest BCUT2D eigenvalue weighted by molar-refractivity contribution is 0.181. The van der Waals surface area contributed by atoms with Crippen molar-refractivity contribution in [2.75, 3.05) is 13.7 Å². The van der Waals surface area contributed by atoms with Gasteiger partial charge in [0.05, 0.1) is 35.6 Å². The van der Waals surface area contributed by atoms with Gasteiger partial charge in [0, 0.05) is 7.11 Å². The number of ether oxygens (including phenoxy) is 1. The minimum absolute atomic E-state index is 0.239. The van der Waals surface area contributed by atoms with Crippen LogP contribution in [-0.4, -0.2) is 23.5 Å². The number of hydrogen-bond donors (Lipinski definition) is 2. The van der Waals surface area contributed by atoms with Crippen LogP contribution in [0.15, 0.2) is 34.9 Å². The number of nitrogens with zero attached hydrogens (tertiary/aromatic N) is 2. The Morgan fingerprint density at radius 3 is 2.90 bits per heavy atom. The van der Waals surface area contributed by atoms with Gasteiger partial charge in [-0.2, -0.15) is 5.10 Å². The van der Waals surface area contributed by atoms with Crippen LogP contribution in [0.4, 0.5) is 4.39 Å². The number of hydrogen-bond acceptors (Lipinski definition) is 4. The molecule has 5 nitrogen and oxygen atoms in total. The smallest absolute Gasteiger partial charge is 0.126 e. The second-order valence-corrected chi connectivity index (χ2v) is 5.46. The Kier molecular flexibility index (Phi) is 5.86. The quantitative estimate of drug-likeness (QED) is 0.589. The molecule has 1 aromatic carbocycles. The number of benzene rings is 1. The first-order chi connectivity index (χ1) is 10.2. The van der Waals surface area contributed by atoms with E-state index in [0.717, 1.165) is 10.2 Å². The monoisotopic (exact) mass is 356 g/mol. The van der Waals surface area contributed by atoms with Crippen molar-refractivity contribution in [2.24, 2.45) is 5.84 Å². The Balaban J connectivity index is 2.25. The Bertz CT molecular complexity index is 590. The van der Waals surface area contributed by atoms with E-state index in [4.69, 9.17) is 10.6 Å². The molecule has 0 radical (unpaired) electrons. The van der Waals surface area contributed by atoms with E-state index in [2.05, 4.69) is 26.5 Å². The lowest BCUT2D eigenvalue weighted by Crippen LogP contribution is -2.32. The first-order valence-electron chi connectivity index (χ1n) is 6.57. The lowest BCUT2D eigenvalue weighted by Gasteiger charge is -2.19. The molecule has 21 heavy (non-hydrogen) atoms. The van der Waals surface area contributed by atoms with Gasteiger partial charge in [-0.3, -0.25) is 16.0 Å². The van der Waals surface area contributed by atoms with E-state index in [0.29, 0.717) is 25.1 Å². The molecule has 0 saturated carbocycles.